The third-order valence-corrected chi connectivity index (χ3v) is 6.47. The Morgan fingerprint density at radius 1 is 1.06 bits per heavy atom. The Labute approximate surface area is 203 Å². The topological polar surface area (TPSA) is 143 Å². The Kier molecular flexibility index (Phi) is 5.71. The summed E-state index contributed by atoms with van der Waals surface area (Å²) in [6, 6.07) is 12.3. The number of aromatic nitrogens is 2. The summed E-state index contributed by atoms with van der Waals surface area (Å²) in [6.07, 6.45) is 4.58. The number of thioether (sulfide) groups is 1. The van der Waals surface area contributed by atoms with Gasteiger partial charge in [0.15, 0.2) is 5.17 Å². The highest BCUT2D eigenvalue weighted by molar-refractivity contribution is 8.14. The molecular formula is C23H17N7O4S. The van der Waals surface area contributed by atoms with Gasteiger partial charge in [-0.05, 0) is 49.0 Å². The number of carbonyl (C=O) groups excluding carboxylic acids is 2. The number of carbonyl (C=O) groups is 2. The number of amides is 2. The molecule has 1 aromatic carbocycles. The van der Waals surface area contributed by atoms with Crippen molar-refractivity contribution in [1.29, 1.82) is 0 Å². The summed E-state index contributed by atoms with van der Waals surface area (Å²) in [5.74, 6) is -1.05. The molecule has 2 aliphatic rings. The SMILES string of the molecule is CC1=C(C(=O)NNC(=O)c2ccncc2)C(c2ccccn2)N2C(=N1)Sc1cc([N+](=O)[O-])ccc12. The van der Waals surface area contributed by atoms with Crippen LogP contribution in [0.25, 0.3) is 0 Å². The number of hydrogen-bond acceptors (Lipinski definition) is 9. The minimum Gasteiger partial charge on any atom is -0.306 e. The molecule has 0 fully saturated rings. The zero-order valence-corrected chi connectivity index (χ0v) is 19.0. The first-order chi connectivity index (χ1) is 16.9. The molecule has 11 nitrogen and oxygen atoms in total. The maximum atomic E-state index is 13.4. The third kappa shape index (κ3) is 4.10. The molecule has 12 heteroatoms. The van der Waals surface area contributed by atoms with Gasteiger partial charge in [-0.25, -0.2) is 4.99 Å². The lowest BCUT2D eigenvalue weighted by Crippen LogP contribution is -2.46. The summed E-state index contributed by atoms with van der Waals surface area (Å²) in [6.45, 7) is 1.70. The van der Waals surface area contributed by atoms with E-state index in [1.165, 1.54) is 48.4 Å². The van der Waals surface area contributed by atoms with Crippen LogP contribution in [0.5, 0.6) is 0 Å². The lowest BCUT2D eigenvalue weighted by molar-refractivity contribution is -0.385. The number of anilines is 1. The molecule has 35 heavy (non-hydrogen) atoms. The molecule has 0 spiro atoms. The number of non-ortho nitro benzene ring substituents is 1. The maximum Gasteiger partial charge on any atom is 0.270 e. The molecule has 0 aliphatic carbocycles. The smallest absolute Gasteiger partial charge is 0.270 e. The van der Waals surface area contributed by atoms with Crippen molar-refractivity contribution in [1.82, 2.24) is 20.8 Å². The number of rotatable bonds is 4. The Morgan fingerprint density at radius 3 is 2.54 bits per heavy atom. The van der Waals surface area contributed by atoms with Crippen LogP contribution in [0.4, 0.5) is 11.4 Å². The molecular weight excluding hydrogens is 470 g/mol. The first-order valence-corrected chi connectivity index (χ1v) is 11.2. The second-order valence-electron chi connectivity index (χ2n) is 7.58. The van der Waals surface area contributed by atoms with Crippen molar-refractivity contribution in [3.8, 4) is 0 Å². The van der Waals surface area contributed by atoms with Crippen LogP contribution in [0.1, 0.15) is 29.0 Å². The summed E-state index contributed by atoms with van der Waals surface area (Å²) in [5, 5.41) is 11.8. The Bertz CT molecular complexity index is 1410. The van der Waals surface area contributed by atoms with Crippen LogP contribution >= 0.6 is 11.8 Å². The van der Waals surface area contributed by atoms with Gasteiger partial charge < -0.3 is 4.90 Å². The van der Waals surface area contributed by atoms with E-state index in [0.717, 1.165) is 0 Å². The van der Waals surface area contributed by atoms with E-state index >= 15 is 0 Å². The quantitative estimate of drug-likeness (QED) is 0.422. The predicted octanol–water partition coefficient (Wildman–Crippen LogP) is 3.14. The molecule has 1 atom stereocenters. The molecule has 0 radical (unpaired) electrons. The van der Waals surface area contributed by atoms with Gasteiger partial charge in [0.25, 0.3) is 17.5 Å². The lowest BCUT2D eigenvalue weighted by Gasteiger charge is -2.34. The minimum atomic E-state index is -0.670. The van der Waals surface area contributed by atoms with Gasteiger partial charge in [0.1, 0.15) is 6.04 Å². The third-order valence-electron chi connectivity index (χ3n) is 5.45. The Balaban J connectivity index is 1.51. The minimum absolute atomic E-state index is 0.0347. The van der Waals surface area contributed by atoms with Crippen LogP contribution in [0, 0.1) is 10.1 Å². The average Bonchev–Trinajstić information content (AvgIpc) is 3.24. The summed E-state index contributed by atoms with van der Waals surface area (Å²) in [5.41, 5.74) is 7.18. The van der Waals surface area contributed by atoms with Crippen LogP contribution in [-0.4, -0.2) is 31.9 Å². The van der Waals surface area contributed by atoms with E-state index in [2.05, 4.69) is 25.8 Å². The summed E-state index contributed by atoms with van der Waals surface area (Å²) in [7, 11) is 0. The average molecular weight is 488 g/mol. The van der Waals surface area contributed by atoms with Crippen LogP contribution < -0.4 is 15.8 Å². The standard InChI is InChI=1S/C23H17N7O4S/c1-13-19(22(32)28-27-21(31)14-7-10-24-11-8-14)20(16-4-2-3-9-25-16)29-17-6-5-15(30(33)34)12-18(17)35-23(29)26-13/h2-12,20H,1H3,(H,27,31)(H,28,32). The van der Waals surface area contributed by atoms with Crippen molar-refractivity contribution in [3.63, 3.8) is 0 Å². The Morgan fingerprint density at radius 2 is 1.83 bits per heavy atom. The van der Waals surface area contributed by atoms with Gasteiger partial charge in [0, 0.05) is 41.2 Å². The molecule has 2 amide bonds. The van der Waals surface area contributed by atoms with Crippen molar-refractivity contribution in [2.75, 3.05) is 4.90 Å². The van der Waals surface area contributed by atoms with Crippen LogP contribution in [-0.2, 0) is 4.79 Å². The number of aliphatic imine (C=N–C) groups is 1. The van der Waals surface area contributed by atoms with E-state index in [-0.39, 0.29) is 11.3 Å². The number of pyridine rings is 2. The van der Waals surface area contributed by atoms with Crippen molar-refractivity contribution in [3.05, 3.63) is 99.8 Å². The number of nitro benzene ring substituents is 1. The molecule has 1 unspecified atom stereocenters. The lowest BCUT2D eigenvalue weighted by atomic mass is 9.97. The largest absolute Gasteiger partial charge is 0.306 e. The summed E-state index contributed by atoms with van der Waals surface area (Å²) < 4.78 is 0. The molecule has 174 valence electrons. The van der Waals surface area contributed by atoms with Crippen molar-refractivity contribution >= 4 is 40.1 Å². The second kappa shape index (κ2) is 8.99. The number of nitrogens with zero attached hydrogens (tertiary/aromatic N) is 5. The number of allylic oxidation sites excluding steroid dienone is 1. The number of nitro groups is 1. The van der Waals surface area contributed by atoms with Crippen LogP contribution in [0.2, 0.25) is 0 Å². The van der Waals surface area contributed by atoms with Gasteiger partial charge >= 0.3 is 0 Å². The maximum absolute atomic E-state index is 13.4. The molecule has 0 saturated heterocycles. The zero-order valence-electron chi connectivity index (χ0n) is 18.2. The van der Waals surface area contributed by atoms with Gasteiger partial charge in [0.05, 0.1) is 27.6 Å². The number of nitrogens with one attached hydrogen (secondary N) is 2. The fourth-order valence-corrected chi connectivity index (χ4v) is 5.00. The number of hydrazine groups is 1. The van der Waals surface area contributed by atoms with Crippen molar-refractivity contribution < 1.29 is 14.5 Å². The van der Waals surface area contributed by atoms with E-state index in [9.17, 15) is 19.7 Å². The van der Waals surface area contributed by atoms with Gasteiger partial charge in [-0.2, -0.15) is 0 Å². The molecule has 2 aliphatic heterocycles. The molecule has 2 N–H and O–H groups in total. The highest BCUT2D eigenvalue weighted by atomic mass is 32.2. The molecule has 4 heterocycles. The van der Waals surface area contributed by atoms with Gasteiger partial charge in [-0.15, -0.1) is 0 Å². The van der Waals surface area contributed by atoms with E-state index in [1.807, 2.05) is 11.0 Å². The summed E-state index contributed by atoms with van der Waals surface area (Å²) in [4.78, 5) is 52.0. The van der Waals surface area contributed by atoms with Crippen LogP contribution in [0.3, 0.4) is 0 Å². The van der Waals surface area contributed by atoms with Crippen LogP contribution in [0.15, 0.2) is 88.3 Å². The van der Waals surface area contributed by atoms with Gasteiger partial charge in [-0.1, -0.05) is 6.07 Å². The van der Waals surface area contributed by atoms with Gasteiger partial charge in [-0.3, -0.25) is 40.5 Å². The molecule has 2 aromatic heterocycles. The number of benzene rings is 1. The first-order valence-electron chi connectivity index (χ1n) is 10.4. The normalized spacial score (nSPS) is 16.2. The number of hydrogen-bond donors (Lipinski definition) is 2. The highest BCUT2D eigenvalue weighted by Crippen LogP contribution is 2.50. The van der Waals surface area contributed by atoms with E-state index in [0.29, 0.717) is 32.7 Å². The number of fused-ring (bicyclic) bond motifs is 3. The van der Waals surface area contributed by atoms with Crippen molar-refractivity contribution in [2.45, 2.75) is 17.9 Å². The Hall–Kier alpha value is -4.58. The fourth-order valence-electron chi connectivity index (χ4n) is 3.87. The fraction of sp³-hybridized carbons (Fsp3) is 0.0870. The highest BCUT2D eigenvalue weighted by Gasteiger charge is 2.42. The van der Waals surface area contributed by atoms with E-state index < -0.39 is 22.8 Å². The molecule has 0 saturated carbocycles. The van der Waals surface area contributed by atoms with Gasteiger partial charge in [0.2, 0.25) is 0 Å². The summed E-state index contributed by atoms with van der Waals surface area (Å²) >= 11 is 1.29. The van der Waals surface area contributed by atoms with E-state index in [4.69, 9.17) is 0 Å². The predicted molar refractivity (Wildman–Crippen MR) is 128 cm³/mol. The molecule has 0 bridgehead atoms. The first kappa shape index (κ1) is 22.2. The molecule has 3 aromatic rings. The zero-order chi connectivity index (χ0) is 24.5. The monoisotopic (exact) mass is 487 g/mol. The van der Waals surface area contributed by atoms with E-state index in [1.54, 1.807) is 31.3 Å². The number of amidine groups is 1. The van der Waals surface area contributed by atoms with Crippen molar-refractivity contribution in [2.24, 2.45) is 4.99 Å². The molecule has 5 rings (SSSR count). The second-order valence-corrected chi connectivity index (χ2v) is 8.59.